The van der Waals surface area contributed by atoms with Gasteiger partial charge in [-0.15, -0.1) is 0 Å². The summed E-state index contributed by atoms with van der Waals surface area (Å²) in [6.07, 6.45) is 0.943. The van der Waals surface area contributed by atoms with Gasteiger partial charge < -0.3 is 9.72 Å². The van der Waals surface area contributed by atoms with Crippen LogP contribution >= 0.6 is 0 Å². The molecule has 1 N–H and O–H groups in total. The standard InChI is InChI=1S/C18H17FN2O3/c1-18(2,3)24-17(23)21-14-6-5-13(19)8-12(14)9-15(21)11-4-7-16(22)20-10-11/h4-10H,1-3H3,(H,20,22). The summed E-state index contributed by atoms with van der Waals surface area (Å²) in [5.41, 5.74) is 0.755. The molecule has 0 aliphatic carbocycles. The summed E-state index contributed by atoms with van der Waals surface area (Å²) < 4.78 is 20.4. The molecule has 5 nitrogen and oxygen atoms in total. The monoisotopic (exact) mass is 328 g/mol. The predicted molar refractivity (Wildman–Crippen MR) is 89.6 cm³/mol. The SMILES string of the molecule is CC(C)(C)OC(=O)n1c(-c2ccc(=O)[nH]c2)cc2cc(F)ccc21. The molecule has 0 unspecified atom stereocenters. The summed E-state index contributed by atoms with van der Waals surface area (Å²) in [4.78, 5) is 26.5. The Morgan fingerprint density at radius 3 is 2.54 bits per heavy atom. The number of carbonyl (C=O) groups is 1. The Labute approximate surface area is 137 Å². The molecular weight excluding hydrogens is 311 g/mol. The number of aromatic nitrogens is 2. The minimum absolute atomic E-state index is 0.246. The van der Waals surface area contributed by atoms with Crippen LogP contribution in [0.4, 0.5) is 9.18 Å². The van der Waals surface area contributed by atoms with Gasteiger partial charge in [0, 0.05) is 23.2 Å². The molecule has 6 heteroatoms. The number of benzene rings is 1. The molecule has 3 aromatic rings. The average Bonchev–Trinajstić information content (AvgIpc) is 2.84. The molecule has 0 amide bonds. The van der Waals surface area contributed by atoms with Crippen LogP contribution in [0.1, 0.15) is 20.8 Å². The summed E-state index contributed by atoms with van der Waals surface area (Å²) in [6, 6.07) is 8.84. The second-order valence-electron chi connectivity index (χ2n) is 6.49. The lowest BCUT2D eigenvalue weighted by atomic mass is 10.2. The number of rotatable bonds is 1. The number of hydrogen-bond donors (Lipinski definition) is 1. The molecule has 0 aliphatic heterocycles. The minimum atomic E-state index is -0.671. The molecule has 2 heterocycles. The summed E-state index contributed by atoms with van der Waals surface area (Å²) in [7, 11) is 0. The first-order valence-electron chi connectivity index (χ1n) is 7.48. The number of nitrogens with zero attached hydrogens (tertiary/aromatic N) is 1. The second-order valence-corrected chi connectivity index (χ2v) is 6.49. The van der Waals surface area contributed by atoms with Crippen molar-refractivity contribution in [2.24, 2.45) is 0 Å². The van der Waals surface area contributed by atoms with Crippen molar-refractivity contribution in [1.82, 2.24) is 9.55 Å². The molecule has 1 aromatic carbocycles. The van der Waals surface area contributed by atoms with Crippen molar-refractivity contribution in [3.05, 3.63) is 58.8 Å². The maximum Gasteiger partial charge on any atom is 0.419 e. The third-order valence-corrected chi connectivity index (χ3v) is 3.42. The van der Waals surface area contributed by atoms with E-state index < -0.39 is 17.5 Å². The van der Waals surface area contributed by atoms with E-state index in [1.807, 2.05) is 0 Å². The maximum absolute atomic E-state index is 13.5. The summed E-state index contributed by atoms with van der Waals surface area (Å²) in [6.45, 7) is 5.32. The van der Waals surface area contributed by atoms with E-state index in [4.69, 9.17) is 4.74 Å². The molecule has 3 rings (SSSR count). The molecule has 0 aliphatic rings. The van der Waals surface area contributed by atoms with Crippen LogP contribution < -0.4 is 5.56 Å². The van der Waals surface area contributed by atoms with Crippen LogP contribution in [-0.2, 0) is 4.74 Å². The molecule has 124 valence electrons. The van der Waals surface area contributed by atoms with E-state index in [1.54, 1.807) is 32.9 Å². The number of fused-ring (bicyclic) bond motifs is 1. The summed E-state index contributed by atoms with van der Waals surface area (Å²) in [5, 5.41) is 0.571. The van der Waals surface area contributed by atoms with Gasteiger partial charge in [-0.3, -0.25) is 4.79 Å². The molecule has 0 spiro atoms. The largest absolute Gasteiger partial charge is 0.443 e. The Balaban J connectivity index is 2.23. The fourth-order valence-electron chi connectivity index (χ4n) is 2.47. The fraction of sp³-hybridized carbons (Fsp3) is 0.222. The molecule has 0 saturated heterocycles. The number of aromatic amines is 1. The van der Waals surface area contributed by atoms with Crippen LogP contribution in [0.5, 0.6) is 0 Å². The fourth-order valence-corrected chi connectivity index (χ4v) is 2.47. The lowest BCUT2D eigenvalue weighted by Crippen LogP contribution is -2.27. The van der Waals surface area contributed by atoms with Gasteiger partial charge in [0.1, 0.15) is 11.4 Å². The Hall–Kier alpha value is -2.89. The number of nitrogens with one attached hydrogen (secondary N) is 1. The van der Waals surface area contributed by atoms with Crippen molar-refractivity contribution in [2.45, 2.75) is 26.4 Å². The zero-order valence-corrected chi connectivity index (χ0v) is 13.6. The average molecular weight is 328 g/mol. The van der Waals surface area contributed by atoms with E-state index in [2.05, 4.69) is 4.98 Å². The topological polar surface area (TPSA) is 64.1 Å². The van der Waals surface area contributed by atoms with E-state index in [0.29, 0.717) is 22.2 Å². The van der Waals surface area contributed by atoms with Crippen molar-refractivity contribution in [3.8, 4) is 11.3 Å². The lowest BCUT2D eigenvalue weighted by molar-refractivity contribution is 0.0547. The van der Waals surface area contributed by atoms with E-state index in [0.717, 1.165) is 0 Å². The third-order valence-electron chi connectivity index (χ3n) is 3.42. The molecule has 0 atom stereocenters. The number of hydrogen-bond acceptors (Lipinski definition) is 3. The molecule has 0 saturated carbocycles. The summed E-state index contributed by atoms with van der Waals surface area (Å²) in [5.74, 6) is -0.392. The van der Waals surface area contributed by atoms with Gasteiger partial charge in [-0.1, -0.05) is 0 Å². The number of halogens is 1. The Kier molecular flexibility index (Phi) is 3.75. The van der Waals surface area contributed by atoms with Crippen molar-refractivity contribution < 1.29 is 13.9 Å². The van der Waals surface area contributed by atoms with E-state index >= 15 is 0 Å². The Morgan fingerprint density at radius 2 is 1.92 bits per heavy atom. The molecule has 0 radical (unpaired) electrons. The van der Waals surface area contributed by atoms with Gasteiger partial charge in [0.05, 0.1) is 11.2 Å². The van der Waals surface area contributed by atoms with Crippen LogP contribution in [-0.4, -0.2) is 21.2 Å². The highest BCUT2D eigenvalue weighted by Gasteiger charge is 2.23. The van der Waals surface area contributed by atoms with Gasteiger partial charge in [-0.05, 0) is 51.1 Å². The normalized spacial score (nSPS) is 11.7. The number of pyridine rings is 1. The number of H-pyrrole nitrogens is 1. The van der Waals surface area contributed by atoms with Crippen molar-refractivity contribution in [1.29, 1.82) is 0 Å². The molecule has 2 aromatic heterocycles. The van der Waals surface area contributed by atoms with Gasteiger partial charge in [0.2, 0.25) is 5.56 Å². The van der Waals surface area contributed by atoms with Gasteiger partial charge in [-0.25, -0.2) is 13.8 Å². The molecule has 0 fully saturated rings. The first-order valence-corrected chi connectivity index (χ1v) is 7.48. The maximum atomic E-state index is 13.5. The van der Waals surface area contributed by atoms with Crippen LogP contribution in [0.3, 0.4) is 0 Å². The van der Waals surface area contributed by atoms with Gasteiger partial charge in [-0.2, -0.15) is 0 Å². The smallest absolute Gasteiger partial charge is 0.419 e. The highest BCUT2D eigenvalue weighted by Crippen LogP contribution is 2.29. The van der Waals surface area contributed by atoms with Crippen LogP contribution in [0.15, 0.2) is 47.4 Å². The molecule has 24 heavy (non-hydrogen) atoms. The van der Waals surface area contributed by atoms with Crippen molar-refractivity contribution in [2.75, 3.05) is 0 Å². The lowest BCUT2D eigenvalue weighted by Gasteiger charge is -2.21. The van der Waals surface area contributed by atoms with Crippen LogP contribution in [0.2, 0.25) is 0 Å². The van der Waals surface area contributed by atoms with E-state index in [1.165, 1.54) is 35.0 Å². The van der Waals surface area contributed by atoms with Crippen LogP contribution in [0, 0.1) is 5.82 Å². The van der Waals surface area contributed by atoms with Gasteiger partial charge in [0.15, 0.2) is 0 Å². The quantitative estimate of drug-likeness (QED) is 0.736. The number of ether oxygens (including phenoxy) is 1. The van der Waals surface area contributed by atoms with Gasteiger partial charge in [0.25, 0.3) is 0 Å². The van der Waals surface area contributed by atoms with Gasteiger partial charge >= 0.3 is 6.09 Å². The Bertz CT molecular complexity index is 960. The first kappa shape index (κ1) is 16.0. The third kappa shape index (κ3) is 3.08. The van der Waals surface area contributed by atoms with Crippen molar-refractivity contribution >= 4 is 17.0 Å². The molecule has 0 bridgehead atoms. The zero-order chi connectivity index (χ0) is 17.5. The molecular formula is C18H17FN2O3. The highest BCUT2D eigenvalue weighted by atomic mass is 19.1. The van der Waals surface area contributed by atoms with E-state index in [9.17, 15) is 14.0 Å². The first-order chi connectivity index (χ1) is 11.2. The second kappa shape index (κ2) is 5.63. The zero-order valence-electron chi connectivity index (χ0n) is 13.6. The Morgan fingerprint density at radius 1 is 1.17 bits per heavy atom. The van der Waals surface area contributed by atoms with Crippen molar-refractivity contribution in [3.63, 3.8) is 0 Å². The minimum Gasteiger partial charge on any atom is -0.443 e. The van der Waals surface area contributed by atoms with Crippen LogP contribution in [0.25, 0.3) is 22.2 Å². The summed E-state index contributed by atoms with van der Waals surface area (Å²) >= 11 is 0. The highest BCUT2D eigenvalue weighted by molar-refractivity contribution is 5.96. The predicted octanol–water partition coefficient (Wildman–Crippen LogP) is 3.92. The van der Waals surface area contributed by atoms with E-state index in [-0.39, 0.29) is 5.56 Å². The number of carbonyl (C=O) groups excluding carboxylic acids is 1.